The molecule has 0 heterocycles. The molecule has 1 amide bonds. The first kappa shape index (κ1) is 16.3. The Hall–Kier alpha value is -1.04. The zero-order valence-electron chi connectivity index (χ0n) is 12.3. The molecule has 2 rings (SSSR count). The van der Waals surface area contributed by atoms with Crippen molar-refractivity contribution in [2.24, 2.45) is 5.92 Å². The zero-order valence-corrected chi connectivity index (χ0v) is 13.0. The second-order valence-electron chi connectivity index (χ2n) is 5.66. The molecule has 1 saturated carbocycles. The topological polar surface area (TPSA) is 60.8 Å². The highest BCUT2D eigenvalue weighted by Gasteiger charge is 2.25. The van der Waals surface area contributed by atoms with Gasteiger partial charge in [-0.15, -0.1) is 0 Å². The van der Waals surface area contributed by atoms with E-state index in [1.54, 1.807) is 6.07 Å². The number of carbonyl (C=O) groups is 1. The Kier molecular flexibility index (Phi) is 5.68. The van der Waals surface area contributed by atoms with Crippen molar-refractivity contribution in [3.63, 3.8) is 0 Å². The summed E-state index contributed by atoms with van der Waals surface area (Å²) in [7, 11) is -1.67. The first-order chi connectivity index (χ1) is 10.0. The van der Waals surface area contributed by atoms with Gasteiger partial charge in [-0.2, -0.15) is 0 Å². The average molecular weight is 310 g/mol. The summed E-state index contributed by atoms with van der Waals surface area (Å²) >= 11 is 5.91. The summed E-state index contributed by atoms with van der Waals surface area (Å²) in [6, 6.07) is 4.65. The van der Waals surface area contributed by atoms with Crippen LogP contribution in [0.3, 0.4) is 0 Å². The van der Waals surface area contributed by atoms with Crippen LogP contribution >= 0.6 is 11.6 Å². The van der Waals surface area contributed by atoms with E-state index in [-0.39, 0.29) is 16.4 Å². The highest BCUT2D eigenvalue weighted by molar-refractivity contribution is 6.62. The average Bonchev–Trinajstić information content (AvgIpc) is 2.41. The van der Waals surface area contributed by atoms with Gasteiger partial charge in [0.1, 0.15) is 0 Å². The van der Waals surface area contributed by atoms with E-state index < -0.39 is 7.12 Å². The van der Waals surface area contributed by atoms with Gasteiger partial charge in [0.25, 0.3) is 5.91 Å². The lowest BCUT2D eigenvalue weighted by Crippen LogP contribution is -2.39. The molecule has 1 aliphatic carbocycles. The van der Waals surface area contributed by atoms with Crippen molar-refractivity contribution in [1.82, 2.24) is 4.90 Å². The van der Waals surface area contributed by atoms with E-state index in [9.17, 15) is 14.8 Å². The second kappa shape index (κ2) is 7.30. The van der Waals surface area contributed by atoms with E-state index in [1.165, 1.54) is 31.4 Å². The summed E-state index contributed by atoms with van der Waals surface area (Å²) in [6.45, 7) is 3.55. The molecule has 0 radical (unpaired) electrons. The van der Waals surface area contributed by atoms with Crippen molar-refractivity contribution in [3.05, 3.63) is 28.8 Å². The van der Waals surface area contributed by atoms with Gasteiger partial charge in [0.15, 0.2) is 0 Å². The third-order valence-corrected chi connectivity index (χ3v) is 4.35. The lowest BCUT2D eigenvalue weighted by molar-refractivity contribution is 0.0695. The monoisotopic (exact) mass is 309 g/mol. The van der Waals surface area contributed by atoms with E-state index in [4.69, 9.17) is 11.6 Å². The molecule has 0 atom stereocenters. The molecule has 0 saturated heterocycles. The number of hydrogen-bond acceptors (Lipinski definition) is 3. The summed E-state index contributed by atoms with van der Waals surface area (Å²) in [6.07, 6.45) is 4.53. The Morgan fingerprint density at radius 3 is 2.67 bits per heavy atom. The van der Waals surface area contributed by atoms with E-state index in [0.717, 1.165) is 19.5 Å². The fraction of sp³-hybridized carbons (Fsp3) is 0.533. The number of benzene rings is 1. The van der Waals surface area contributed by atoms with Crippen LogP contribution in [-0.2, 0) is 0 Å². The van der Waals surface area contributed by atoms with Gasteiger partial charge in [-0.1, -0.05) is 24.9 Å². The number of halogens is 1. The molecular formula is C15H21BClNO3. The largest absolute Gasteiger partial charge is 0.489 e. The molecule has 0 aromatic heterocycles. The van der Waals surface area contributed by atoms with Crippen LogP contribution < -0.4 is 5.46 Å². The summed E-state index contributed by atoms with van der Waals surface area (Å²) < 4.78 is 0. The zero-order chi connectivity index (χ0) is 15.4. The van der Waals surface area contributed by atoms with E-state index >= 15 is 0 Å². The van der Waals surface area contributed by atoms with E-state index in [1.807, 2.05) is 11.8 Å². The van der Waals surface area contributed by atoms with Gasteiger partial charge in [-0.3, -0.25) is 4.79 Å². The van der Waals surface area contributed by atoms with Gasteiger partial charge in [0, 0.05) is 29.1 Å². The molecule has 0 aliphatic heterocycles. The maximum Gasteiger partial charge on any atom is 0.489 e. The van der Waals surface area contributed by atoms with Gasteiger partial charge < -0.3 is 14.9 Å². The minimum absolute atomic E-state index is 0.0673. The minimum atomic E-state index is -1.67. The van der Waals surface area contributed by atoms with Crippen LogP contribution in [0.15, 0.2) is 18.2 Å². The van der Waals surface area contributed by atoms with Crippen LogP contribution in [0.4, 0.5) is 0 Å². The van der Waals surface area contributed by atoms with Crippen LogP contribution in [0.5, 0.6) is 0 Å². The van der Waals surface area contributed by atoms with Crippen molar-refractivity contribution in [2.75, 3.05) is 13.1 Å². The Labute approximate surface area is 130 Å². The van der Waals surface area contributed by atoms with Gasteiger partial charge >= 0.3 is 7.12 Å². The molecule has 0 spiro atoms. The van der Waals surface area contributed by atoms with Gasteiger partial charge in [0.2, 0.25) is 0 Å². The maximum absolute atomic E-state index is 12.6. The molecular weight excluding hydrogens is 288 g/mol. The van der Waals surface area contributed by atoms with E-state index in [2.05, 4.69) is 0 Å². The molecule has 1 aromatic carbocycles. The molecule has 0 unspecified atom stereocenters. The molecule has 6 heteroatoms. The lowest BCUT2D eigenvalue weighted by atomic mass is 9.79. The predicted molar refractivity (Wildman–Crippen MR) is 84.8 cm³/mol. The van der Waals surface area contributed by atoms with Crippen LogP contribution in [0.2, 0.25) is 5.02 Å². The fourth-order valence-electron chi connectivity index (χ4n) is 2.59. The third-order valence-electron chi connectivity index (χ3n) is 4.01. The molecule has 1 aliphatic rings. The predicted octanol–water partition coefficient (Wildman–Crippen LogP) is 1.67. The molecule has 114 valence electrons. The normalized spacial score (nSPS) is 14.7. The van der Waals surface area contributed by atoms with Crippen molar-refractivity contribution < 1.29 is 14.8 Å². The summed E-state index contributed by atoms with van der Waals surface area (Å²) in [5.74, 6) is 0.540. The SMILES string of the molecule is CCCN(CC1CCC1)C(=O)c1ccc(Cl)c(B(O)O)c1. The Morgan fingerprint density at radius 1 is 1.43 bits per heavy atom. The summed E-state index contributed by atoms with van der Waals surface area (Å²) in [5, 5.41) is 18.8. The number of carbonyl (C=O) groups excluding carboxylic acids is 1. The fourth-order valence-corrected chi connectivity index (χ4v) is 2.81. The molecule has 4 nitrogen and oxygen atoms in total. The minimum Gasteiger partial charge on any atom is -0.423 e. The highest BCUT2D eigenvalue weighted by Crippen LogP contribution is 2.27. The van der Waals surface area contributed by atoms with Gasteiger partial charge in [-0.05, 0) is 43.4 Å². The lowest BCUT2D eigenvalue weighted by Gasteiger charge is -2.32. The highest BCUT2D eigenvalue weighted by atomic mass is 35.5. The molecule has 0 bridgehead atoms. The first-order valence-electron chi connectivity index (χ1n) is 7.47. The van der Waals surface area contributed by atoms with Gasteiger partial charge in [0.05, 0.1) is 0 Å². The van der Waals surface area contributed by atoms with Crippen molar-refractivity contribution >= 4 is 30.1 Å². The Balaban J connectivity index is 2.16. The number of hydrogen-bond donors (Lipinski definition) is 2. The molecule has 21 heavy (non-hydrogen) atoms. The standard InChI is InChI=1S/C15H21BClNO3/c1-2-8-18(10-11-4-3-5-11)15(19)12-6-7-14(17)13(9-12)16(20)21/h6-7,9,11,20-21H,2-5,8,10H2,1H3. The van der Waals surface area contributed by atoms with Crippen LogP contribution in [-0.4, -0.2) is 41.1 Å². The van der Waals surface area contributed by atoms with Crippen LogP contribution in [0.25, 0.3) is 0 Å². The molecule has 2 N–H and O–H groups in total. The van der Waals surface area contributed by atoms with Crippen LogP contribution in [0, 0.1) is 5.92 Å². The van der Waals surface area contributed by atoms with E-state index in [0.29, 0.717) is 11.5 Å². The van der Waals surface area contributed by atoms with Crippen LogP contribution in [0.1, 0.15) is 43.0 Å². The quantitative estimate of drug-likeness (QED) is 0.786. The molecule has 1 fully saturated rings. The summed E-state index contributed by atoms with van der Waals surface area (Å²) in [5.41, 5.74) is 0.623. The Morgan fingerprint density at radius 2 is 2.14 bits per heavy atom. The number of nitrogens with zero attached hydrogens (tertiary/aromatic N) is 1. The summed E-state index contributed by atoms with van der Waals surface area (Å²) in [4.78, 5) is 14.5. The van der Waals surface area contributed by atoms with Crippen molar-refractivity contribution in [2.45, 2.75) is 32.6 Å². The maximum atomic E-state index is 12.6. The first-order valence-corrected chi connectivity index (χ1v) is 7.85. The second-order valence-corrected chi connectivity index (χ2v) is 6.07. The number of amides is 1. The molecule has 1 aromatic rings. The van der Waals surface area contributed by atoms with Crippen molar-refractivity contribution in [1.29, 1.82) is 0 Å². The van der Waals surface area contributed by atoms with Gasteiger partial charge in [-0.25, -0.2) is 0 Å². The third kappa shape index (κ3) is 3.99. The smallest absolute Gasteiger partial charge is 0.423 e. The van der Waals surface area contributed by atoms with Crippen molar-refractivity contribution in [3.8, 4) is 0 Å². The number of rotatable bonds is 6. The Bertz CT molecular complexity index is 506.